The number of pyridine rings is 1. The molecule has 0 aromatic carbocycles. The highest BCUT2D eigenvalue weighted by Crippen LogP contribution is 2.09. The smallest absolute Gasteiger partial charge is 0.0635 e. The minimum absolute atomic E-state index is 0.582. The van der Waals surface area contributed by atoms with Gasteiger partial charge in [0, 0.05) is 32.3 Å². The van der Waals surface area contributed by atoms with Crippen LogP contribution < -0.4 is 0 Å². The van der Waals surface area contributed by atoms with Crippen LogP contribution in [0.5, 0.6) is 0 Å². The molecule has 0 bridgehead atoms. The molecule has 0 aliphatic heterocycles. The van der Waals surface area contributed by atoms with Crippen molar-refractivity contribution >= 4 is 0 Å². The van der Waals surface area contributed by atoms with Gasteiger partial charge in [0.2, 0.25) is 0 Å². The molecule has 1 aromatic heterocycles. The fourth-order valence-electron chi connectivity index (χ4n) is 1.86. The zero-order valence-corrected chi connectivity index (χ0v) is 11.0. The molecule has 0 saturated carbocycles. The van der Waals surface area contributed by atoms with Crippen LogP contribution in [0.4, 0.5) is 0 Å². The van der Waals surface area contributed by atoms with E-state index >= 15 is 0 Å². The van der Waals surface area contributed by atoms with Gasteiger partial charge in [0.25, 0.3) is 0 Å². The molecule has 0 spiro atoms. The molecule has 0 aliphatic carbocycles. The summed E-state index contributed by atoms with van der Waals surface area (Å²) in [4.78, 5) is 6.72. The van der Waals surface area contributed by atoms with Crippen molar-refractivity contribution in [1.29, 1.82) is 5.26 Å². The predicted molar refractivity (Wildman–Crippen MR) is 69.3 cm³/mol. The SMILES string of the molecule is Cc1cccnc1CN(CCC#N)CC(C)C. The lowest BCUT2D eigenvalue weighted by Crippen LogP contribution is -2.29. The molecule has 1 rings (SSSR count). The van der Waals surface area contributed by atoms with Crippen LogP contribution >= 0.6 is 0 Å². The van der Waals surface area contributed by atoms with E-state index in [-0.39, 0.29) is 0 Å². The van der Waals surface area contributed by atoms with Crippen LogP contribution in [0.2, 0.25) is 0 Å². The van der Waals surface area contributed by atoms with Gasteiger partial charge in [-0.2, -0.15) is 5.26 Å². The summed E-state index contributed by atoms with van der Waals surface area (Å²) in [6.45, 7) is 9.16. The highest BCUT2D eigenvalue weighted by atomic mass is 15.1. The van der Waals surface area contributed by atoms with Crippen molar-refractivity contribution in [3.8, 4) is 6.07 Å². The Morgan fingerprint density at radius 2 is 2.24 bits per heavy atom. The van der Waals surface area contributed by atoms with Gasteiger partial charge in [-0.15, -0.1) is 0 Å². The van der Waals surface area contributed by atoms with Crippen LogP contribution in [0.15, 0.2) is 18.3 Å². The van der Waals surface area contributed by atoms with Gasteiger partial charge in [-0.3, -0.25) is 9.88 Å². The minimum Gasteiger partial charge on any atom is -0.296 e. The lowest BCUT2D eigenvalue weighted by atomic mass is 10.1. The summed E-state index contributed by atoms with van der Waals surface area (Å²) in [5, 5.41) is 8.68. The zero-order valence-electron chi connectivity index (χ0n) is 11.0. The summed E-state index contributed by atoms with van der Waals surface area (Å²) >= 11 is 0. The number of hydrogen-bond acceptors (Lipinski definition) is 3. The van der Waals surface area contributed by atoms with Gasteiger partial charge in [-0.1, -0.05) is 19.9 Å². The summed E-state index contributed by atoms with van der Waals surface area (Å²) in [6.07, 6.45) is 2.42. The summed E-state index contributed by atoms with van der Waals surface area (Å²) in [5.74, 6) is 0.609. The monoisotopic (exact) mass is 231 g/mol. The first-order valence-electron chi connectivity index (χ1n) is 6.13. The maximum absolute atomic E-state index is 8.68. The third-order valence-corrected chi connectivity index (χ3v) is 2.65. The van der Waals surface area contributed by atoms with Gasteiger partial charge in [0.05, 0.1) is 11.8 Å². The first kappa shape index (κ1) is 13.7. The van der Waals surface area contributed by atoms with Gasteiger partial charge in [-0.25, -0.2) is 0 Å². The van der Waals surface area contributed by atoms with E-state index in [0.29, 0.717) is 12.3 Å². The first-order valence-corrected chi connectivity index (χ1v) is 6.13. The molecule has 0 radical (unpaired) electrons. The standard InChI is InChI=1S/C14H21N3/c1-12(2)10-17(9-5-7-15)11-14-13(3)6-4-8-16-14/h4,6,8,12H,5,9-11H2,1-3H3. The van der Waals surface area contributed by atoms with E-state index in [4.69, 9.17) is 5.26 Å². The molecule has 17 heavy (non-hydrogen) atoms. The van der Waals surface area contributed by atoms with E-state index in [1.807, 2.05) is 12.3 Å². The predicted octanol–water partition coefficient (Wildman–Crippen LogP) is 2.76. The third kappa shape index (κ3) is 4.97. The molecule has 1 heterocycles. The number of nitrogens with zero attached hydrogens (tertiary/aromatic N) is 3. The van der Waals surface area contributed by atoms with Crippen molar-refractivity contribution in [1.82, 2.24) is 9.88 Å². The third-order valence-electron chi connectivity index (χ3n) is 2.65. The molecular weight excluding hydrogens is 210 g/mol. The van der Waals surface area contributed by atoms with Crippen LogP contribution in [0.25, 0.3) is 0 Å². The highest BCUT2D eigenvalue weighted by Gasteiger charge is 2.09. The van der Waals surface area contributed by atoms with Crippen molar-refractivity contribution in [2.45, 2.75) is 33.7 Å². The molecule has 92 valence electrons. The Hall–Kier alpha value is -1.40. The van der Waals surface area contributed by atoms with E-state index in [1.165, 1.54) is 5.56 Å². The minimum atomic E-state index is 0.582. The normalized spacial score (nSPS) is 10.8. The second kappa shape index (κ2) is 7.03. The molecule has 0 amide bonds. The van der Waals surface area contributed by atoms with Crippen LogP contribution in [0.3, 0.4) is 0 Å². The average molecular weight is 231 g/mol. The van der Waals surface area contributed by atoms with Gasteiger partial charge in [-0.05, 0) is 24.5 Å². The molecule has 0 saturated heterocycles. The van der Waals surface area contributed by atoms with E-state index in [1.54, 1.807) is 0 Å². The second-order valence-electron chi connectivity index (χ2n) is 4.80. The van der Waals surface area contributed by atoms with Gasteiger partial charge < -0.3 is 0 Å². The number of nitriles is 1. The summed E-state index contributed by atoms with van der Waals surface area (Å²) in [7, 11) is 0. The number of hydrogen-bond donors (Lipinski definition) is 0. The van der Waals surface area contributed by atoms with E-state index < -0.39 is 0 Å². The Morgan fingerprint density at radius 1 is 1.47 bits per heavy atom. The van der Waals surface area contributed by atoms with Crippen molar-refractivity contribution in [2.24, 2.45) is 5.92 Å². The molecule has 3 nitrogen and oxygen atoms in total. The Kier molecular flexibility index (Phi) is 5.65. The van der Waals surface area contributed by atoms with Gasteiger partial charge in [0.1, 0.15) is 0 Å². The van der Waals surface area contributed by atoms with E-state index in [0.717, 1.165) is 25.3 Å². The summed E-state index contributed by atoms with van der Waals surface area (Å²) < 4.78 is 0. The quantitative estimate of drug-likeness (QED) is 0.755. The maximum Gasteiger partial charge on any atom is 0.0635 e. The first-order chi connectivity index (χ1) is 8.13. The second-order valence-corrected chi connectivity index (χ2v) is 4.80. The fraction of sp³-hybridized carbons (Fsp3) is 0.571. The van der Waals surface area contributed by atoms with Crippen LogP contribution in [-0.4, -0.2) is 23.0 Å². The molecule has 0 fully saturated rings. The molecule has 1 aromatic rings. The molecule has 3 heteroatoms. The van der Waals surface area contributed by atoms with Crippen LogP contribution in [0.1, 0.15) is 31.5 Å². The summed E-state index contributed by atoms with van der Waals surface area (Å²) in [5.41, 5.74) is 2.34. The Labute approximate surface area is 104 Å². The van der Waals surface area contributed by atoms with Crippen molar-refractivity contribution in [2.75, 3.05) is 13.1 Å². The van der Waals surface area contributed by atoms with Crippen LogP contribution in [-0.2, 0) is 6.54 Å². The topological polar surface area (TPSA) is 39.9 Å². The fourth-order valence-corrected chi connectivity index (χ4v) is 1.86. The Bertz CT molecular complexity index is 379. The zero-order chi connectivity index (χ0) is 12.7. The van der Waals surface area contributed by atoms with Crippen LogP contribution in [0, 0.1) is 24.2 Å². The van der Waals surface area contributed by atoms with Crippen molar-refractivity contribution in [3.05, 3.63) is 29.6 Å². The largest absolute Gasteiger partial charge is 0.296 e. The molecule has 0 unspecified atom stereocenters. The molecule has 0 atom stereocenters. The molecule has 0 N–H and O–H groups in total. The van der Waals surface area contributed by atoms with Crippen molar-refractivity contribution in [3.63, 3.8) is 0 Å². The Morgan fingerprint density at radius 3 is 2.82 bits per heavy atom. The highest BCUT2D eigenvalue weighted by molar-refractivity contribution is 5.17. The maximum atomic E-state index is 8.68. The number of rotatable bonds is 6. The number of aromatic nitrogens is 1. The lowest BCUT2D eigenvalue weighted by Gasteiger charge is -2.23. The van der Waals surface area contributed by atoms with Crippen molar-refractivity contribution < 1.29 is 0 Å². The lowest BCUT2D eigenvalue weighted by molar-refractivity contribution is 0.238. The average Bonchev–Trinajstić information content (AvgIpc) is 2.28. The Balaban J connectivity index is 2.65. The van der Waals surface area contributed by atoms with E-state index in [9.17, 15) is 0 Å². The van der Waals surface area contributed by atoms with Gasteiger partial charge in [0.15, 0.2) is 0 Å². The van der Waals surface area contributed by atoms with Gasteiger partial charge >= 0.3 is 0 Å². The summed E-state index contributed by atoms with van der Waals surface area (Å²) in [6, 6.07) is 6.25. The van der Waals surface area contributed by atoms with E-state index in [2.05, 4.69) is 42.8 Å². The molecule has 0 aliphatic rings. The molecular formula is C14H21N3. The number of aryl methyl sites for hydroxylation is 1.